The number of pyridine rings is 1. The molecule has 3 aromatic rings. The van der Waals surface area contributed by atoms with Gasteiger partial charge in [-0.25, -0.2) is 0 Å². The number of halogens is 2. The summed E-state index contributed by atoms with van der Waals surface area (Å²) in [6.45, 7) is 0.698. The molecule has 1 N–H and O–H groups in total. The number of fused-ring (bicyclic) bond motifs is 1. The van der Waals surface area contributed by atoms with Crippen LogP contribution in [0, 0.1) is 0 Å². The first kappa shape index (κ1) is 13.2. The second kappa shape index (κ2) is 5.70. The van der Waals surface area contributed by atoms with Crippen molar-refractivity contribution in [1.29, 1.82) is 0 Å². The van der Waals surface area contributed by atoms with Crippen molar-refractivity contribution in [2.75, 3.05) is 5.32 Å². The van der Waals surface area contributed by atoms with Gasteiger partial charge < -0.3 is 5.32 Å². The highest BCUT2D eigenvalue weighted by Gasteiger charge is 2.04. The largest absolute Gasteiger partial charge is 0.379 e. The van der Waals surface area contributed by atoms with Crippen molar-refractivity contribution in [1.82, 2.24) is 4.98 Å². The highest BCUT2D eigenvalue weighted by Crippen LogP contribution is 2.26. The summed E-state index contributed by atoms with van der Waals surface area (Å²) in [4.78, 5) is 4.41. The summed E-state index contributed by atoms with van der Waals surface area (Å²) in [5.41, 5.74) is 3.01. The number of nitrogens with one attached hydrogen (secondary N) is 1. The first-order chi connectivity index (χ1) is 9.72. The maximum atomic E-state index is 6.14. The summed E-state index contributed by atoms with van der Waals surface area (Å²) in [5, 5.41) is 5.84. The lowest BCUT2D eigenvalue weighted by molar-refractivity contribution is 1.15. The van der Waals surface area contributed by atoms with Crippen LogP contribution in [0.3, 0.4) is 0 Å². The SMILES string of the molecule is Clc1ccc(CNc2cc(Cl)cc3cccnc23)cc1. The smallest absolute Gasteiger partial charge is 0.0934 e. The Balaban J connectivity index is 1.88. The van der Waals surface area contributed by atoms with Crippen LogP contribution in [0.2, 0.25) is 10.0 Å². The lowest BCUT2D eigenvalue weighted by atomic mass is 10.1. The van der Waals surface area contributed by atoms with Crippen LogP contribution < -0.4 is 5.32 Å². The molecule has 100 valence electrons. The number of hydrogen-bond donors (Lipinski definition) is 1. The molecule has 1 heterocycles. The molecule has 2 nitrogen and oxygen atoms in total. The summed E-state index contributed by atoms with van der Waals surface area (Å²) >= 11 is 12.0. The summed E-state index contributed by atoms with van der Waals surface area (Å²) in [7, 11) is 0. The molecule has 3 rings (SSSR count). The minimum absolute atomic E-state index is 0.698. The van der Waals surface area contributed by atoms with E-state index in [-0.39, 0.29) is 0 Å². The summed E-state index contributed by atoms with van der Waals surface area (Å²) in [5.74, 6) is 0. The Morgan fingerprint density at radius 3 is 2.55 bits per heavy atom. The van der Waals surface area contributed by atoms with Crippen molar-refractivity contribution in [3.63, 3.8) is 0 Å². The summed E-state index contributed by atoms with van der Waals surface area (Å²) in [6, 6.07) is 15.5. The van der Waals surface area contributed by atoms with Crippen LogP contribution in [0.4, 0.5) is 5.69 Å². The lowest BCUT2D eigenvalue weighted by Crippen LogP contribution is -2.00. The molecule has 0 unspecified atom stereocenters. The monoisotopic (exact) mass is 302 g/mol. The van der Waals surface area contributed by atoms with E-state index in [1.165, 1.54) is 0 Å². The first-order valence-corrected chi connectivity index (χ1v) is 7.00. The number of hydrogen-bond acceptors (Lipinski definition) is 2. The Kier molecular flexibility index (Phi) is 3.77. The second-order valence-electron chi connectivity index (χ2n) is 4.51. The van der Waals surface area contributed by atoms with E-state index in [0.717, 1.165) is 27.2 Å². The minimum atomic E-state index is 0.698. The number of anilines is 1. The molecule has 0 aliphatic heterocycles. The zero-order valence-electron chi connectivity index (χ0n) is 10.6. The van der Waals surface area contributed by atoms with Crippen LogP contribution in [0.1, 0.15) is 5.56 Å². The van der Waals surface area contributed by atoms with E-state index in [9.17, 15) is 0 Å². The highest BCUT2D eigenvalue weighted by molar-refractivity contribution is 6.32. The number of benzene rings is 2. The molecule has 1 aromatic heterocycles. The third-order valence-corrected chi connectivity index (χ3v) is 3.54. The van der Waals surface area contributed by atoms with Gasteiger partial charge >= 0.3 is 0 Å². The zero-order chi connectivity index (χ0) is 13.9. The van der Waals surface area contributed by atoms with E-state index in [2.05, 4.69) is 10.3 Å². The predicted molar refractivity (Wildman–Crippen MR) is 85.5 cm³/mol. The molecule has 0 aliphatic carbocycles. The molecule has 0 radical (unpaired) electrons. The van der Waals surface area contributed by atoms with Crippen LogP contribution in [0.5, 0.6) is 0 Å². The van der Waals surface area contributed by atoms with Gasteiger partial charge in [-0.15, -0.1) is 0 Å². The van der Waals surface area contributed by atoms with Gasteiger partial charge in [0.25, 0.3) is 0 Å². The van der Waals surface area contributed by atoms with E-state index in [1.54, 1.807) is 6.20 Å². The average Bonchev–Trinajstić information content (AvgIpc) is 2.46. The Morgan fingerprint density at radius 1 is 0.950 bits per heavy atom. The van der Waals surface area contributed by atoms with E-state index >= 15 is 0 Å². The normalized spacial score (nSPS) is 10.7. The van der Waals surface area contributed by atoms with Crippen LogP contribution in [0.25, 0.3) is 10.9 Å². The van der Waals surface area contributed by atoms with E-state index in [0.29, 0.717) is 11.6 Å². The fourth-order valence-corrected chi connectivity index (χ4v) is 2.44. The second-order valence-corrected chi connectivity index (χ2v) is 5.38. The van der Waals surface area contributed by atoms with Crippen LogP contribution >= 0.6 is 23.2 Å². The maximum absolute atomic E-state index is 6.14. The van der Waals surface area contributed by atoms with Crippen molar-refractivity contribution < 1.29 is 0 Å². The van der Waals surface area contributed by atoms with Gasteiger partial charge in [-0.3, -0.25) is 4.98 Å². The maximum Gasteiger partial charge on any atom is 0.0934 e. The molecule has 0 amide bonds. The minimum Gasteiger partial charge on any atom is -0.379 e. The summed E-state index contributed by atoms with van der Waals surface area (Å²) in [6.07, 6.45) is 1.78. The zero-order valence-corrected chi connectivity index (χ0v) is 12.1. The lowest BCUT2D eigenvalue weighted by Gasteiger charge is -2.10. The van der Waals surface area contributed by atoms with Gasteiger partial charge in [0.05, 0.1) is 11.2 Å². The van der Waals surface area contributed by atoms with Crippen molar-refractivity contribution in [2.24, 2.45) is 0 Å². The van der Waals surface area contributed by atoms with E-state index in [1.807, 2.05) is 48.5 Å². The van der Waals surface area contributed by atoms with E-state index < -0.39 is 0 Å². The molecule has 0 spiro atoms. The fourth-order valence-electron chi connectivity index (χ4n) is 2.09. The van der Waals surface area contributed by atoms with Gasteiger partial charge in [-0.05, 0) is 35.9 Å². The number of aromatic nitrogens is 1. The fraction of sp³-hybridized carbons (Fsp3) is 0.0625. The highest BCUT2D eigenvalue weighted by atomic mass is 35.5. The van der Waals surface area contributed by atoms with Gasteiger partial charge in [0.1, 0.15) is 0 Å². The molecule has 0 atom stereocenters. The Morgan fingerprint density at radius 2 is 1.75 bits per heavy atom. The molecular weight excluding hydrogens is 291 g/mol. The topological polar surface area (TPSA) is 24.9 Å². The molecule has 0 bridgehead atoms. The predicted octanol–water partition coefficient (Wildman–Crippen LogP) is 5.15. The van der Waals surface area contributed by atoms with Crippen molar-refractivity contribution in [3.05, 3.63) is 70.3 Å². The van der Waals surface area contributed by atoms with Crippen molar-refractivity contribution in [2.45, 2.75) is 6.54 Å². The van der Waals surface area contributed by atoms with Crippen LogP contribution in [-0.2, 0) is 6.54 Å². The van der Waals surface area contributed by atoms with Crippen molar-refractivity contribution in [3.8, 4) is 0 Å². The van der Waals surface area contributed by atoms with Crippen LogP contribution in [0.15, 0.2) is 54.7 Å². The average molecular weight is 303 g/mol. The first-order valence-electron chi connectivity index (χ1n) is 6.25. The number of rotatable bonds is 3. The van der Waals surface area contributed by atoms with Crippen LogP contribution in [-0.4, -0.2) is 4.98 Å². The molecule has 0 aliphatic rings. The third-order valence-electron chi connectivity index (χ3n) is 3.07. The Hall–Kier alpha value is -1.77. The van der Waals surface area contributed by atoms with E-state index in [4.69, 9.17) is 23.2 Å². The third kappa shape index (κ3) is 2.87. The quantitative estimate of drug-likeness (QED) is 0.723. The Labute approximate surface area is 127 Å². The standard InChI is InChI=1S/C16H12Cl2N2/c17-13-5-3-11(4-6-13)10-20-15-9-14(18)8-12-2-1-7-19-16(12)15/h1-9,20H,10H2. The molecule has 2 aromatic carbocycles. The molecule has 4 heteroatoms. The molecular formula is C16H12Cl2N2. The Bertz CT molecular complexity index is 739. The van der Waals surface area contributed by atoms with Gasteiger partial charge in [0, 0.05) is 28.2 Å². The molecule has 20 heavy (non-hydrogen) atoms. The van der Waals surface area contributed by atoms with Crippen molar-refractivity contribution >= 4 is 39.8 Å². The number of nitrogens with zero attached hydrogens (tertiary/aromatic N) is 1. The molecule has 0 fully saturated rings. The van der Waals surface area contributed by atoms with Gasteiger partial charge in [0.15, 0.2) is 0 Å². The summed E-state index contributed by atoms with van der Waals surface area (Å²) < 4.78 is 0. The van der Waals surface area contributed by atoms with Gasteiger partial charge in [-0.1, -0.05) is 41.4 Å². The molecule has 0 saturated carbocycles. The van der Waals surface area contributed by atoms with Gasteiger partial charge in [0.2, 0.25) is 0 Å². The van der Waals surface area contributed by atoms with Gasteiger partial charge in [-0.2, -0.15) is 0 Å². The molecule has 0 saturated heterocycles.